The number of aryl methyl sites for hydroxylation is 1. The summed E-state index contributed by atoms with van der Waals surface area (Å²) in [5.41, 5.74) is 3.04. The summed E-state index contributed by atoms with van der Waals surface area (Å²) >= 11 is 0. The summed E-state index contributed by atoms with van der Waals surface area (Å²) in [6.07, 6.45) is 7.64. The Morgan fingerprint density at radius 3 is 2.88 bits per heavy atom. The van der Waals surface area contributed by atoms with Crippen LogP contribution < -0.4 is 5.32 Å². The molecule has 3 aromatic heterocycles. The van der Waals surface area contributed by atoms with Crippen LogP contribution in [0.2, 0.25) is 0 Å². The van der Waals surface area contributed by atoms with Gasteiger partial charge in [-0.1, -0.05) is 18.1 Å². The predicted octanol–water partition coefficient (Wildman–Crippen LogP) is 3.36. The Bertz CT molecular complexity index is 1270. The van der Waals surface area contributed by atoms with Gasteiger partial charge in [0, 0.05) is 24.6 Å². The van der Waals surface area contributed by atoms with E-state index in [4.69, 9.17) is 0 Å². The third-order valence-corrected chi connectivity index (χ3v) is 5.83. The summed E-state index contributed by atoms with van der Waals surface area (Å²) in [5, 5.41) is 10.9. The van der Waals surface area contributed by atoms with E-state index >= 15 is 0 Å². The number of hydrogen-bond acceptors (Lipinski definition) is 6. The van der Waals surface area contributed by atoms with Gasteiger partial charge in [0.1, 0.15) is 29.2 Å². The summed E-state index contributed by atoms with van der Waals surface area (Å²) in [6, 6.07) is 4.58. The molecule has 3 heterocycles. The molecule has 0 unspecified atom stereocenters. The van der Waals surface area contributed by atoms with Crippen molar-refractivity contribution in [3.63, 3.8) is 0 Å². The lowest BCUT2D eigenvalue weighted by atomic mass is 10.1. The fraction of sp³-hybridized carbons (Fsp3) is 0.364. The minimum Gasteiger partial charge on any atom is -0.347 e. The Hall–Kier alpha value is -3.69. The van der Waals surface area contributed by atoms with Gasteiger partial charge in [-0.15, -0.1) is 5.10 Å². The molecule has 2 N–H and O–H groups in total. The second kappa shape index (κ2) is 8.45. The van der Waals surface area contributed by atoms with Gasteiger partial charge < -0.3 is 10.3 Å². The van der Waals surface area contributed by atoms with Crippen LogP contribution >= 0.6 is 0 Å². The van der Waals surface area contributed by atoms with E-state index in [1.165, 1.54) is 31.3 Å². The predicted molar refractivity (Wildman–Crippen MR) is 115 cm³/mol. The minimum absolute atomic E-state index is 0.140. The number of hydrogen-bond donors (Lipinski definition) is 2. The quantitative estimate of drug-likeness (QED) is 0.481. The Morgan fingerprint density at radius 1 is 1.25 bits per heavy atom. The highest BCUT2D eigenvalue weighted by Crippen LogP contribution is 2.33. The average Bonchev–Trinajstić information content (AvgIpc) is 3.56. The zero-order valence-corrected chi connectivity index (χ0v) is 17.7. The highest BCUT2D eigenvalue weighted by molar-refractivity contribution is 6.02. The summed E-state index contributed by atoms with van der Waals surface area (Å²) in [7, 11) is 0. The number of fused-ring (bicyclic) bond motifs is 1. The standard InChI is InChI=1S/C22H23FN8O/c1-2-31-11-17(29-30-31)15-7-13(8-16(23)9-15)10-24-22(32)19-18-21(26-12-25-19)28-20(27-18)14-5-3-4-6-14/h7-9,11-12,14H,2-6,10H2,1H3,(H,24,32)(H,25,26,27,28). The summed E-state index contributed by atoms with van der Waals surface area (Å²) in [5.74, 6) is 0.456. The second-order valence-electron chi connectivity index (χ2n) is 8.01. The van der Waals surface area contributed by atoms with Crippen LogP contribution in [0.25, 0.3) is 22.4 Å². The fourth-order valence-corrected chi connectivity index (χ4v) is 4.16. The molecule has 0 aliphatic heterocycles. The lowest BCUT2D eigenvalue weighted by molar-refractivity contribution is 0.0947. The van der Waals surface area contributed by atoms with Gasteiger partial charge in [0.05, 0.1) is 6.20 Å². The fourth-order valence-electron chi connectivity index (χ4n) is 4.16. The maximum atomic E-state index is 14.2. The van der Waals surface area contributed by atoms with Crippen molar-refractivity contribution in [2.24, 2.45) is 0 Å². The number of aromatic nitrogens is 7. The molecule has 0 bridgehead atoms. The molecule has 1 amide bonds. The van der Waals surface area contributed by atoms with Crippen LogP contribution in [0, 0.1) is 5.82 Å². The molecule has 164 valence electrons. The lowest BCUT2D eigenvalue weighted by Gasteiger charge is -2.07. The Balaban J connectivity index is 1.35. The number of aromatic amines is 1. The maximum absolute atomic E-state index is 14.2. The maximum Gasteiger partial charge on any atom is 0.272 e. The van der Waals surface area contributed by atoms with E-state index in [1.807, 2.05) is 6.92 Å². The second-order valence-corrected chi connectivity index (χ2v) is 8.01. The molecule has 0 atom stereocenters. The molecule has 0 radical (unpaired) electrons. The van der Waals surface area contributed by atoms with E-state index in [0.717, 1.165) is 18.7 Å². The SMILES string of the molecule is CCn1cc(-c2cc(F)cc(CNC(=O)c3ncnc4nc(C5CCCC5)[nH]c34)c2)nn1. The topological polar surface area (TPSA) is 114 Å². The van der Waals surface area contributed by atoms with E-state index < -0.39 is 5.82 Å². The van der Waals surface area contributed by atoms with Gasteiger partial charge in [0.15, 0.2) is 11.3 Å². The van der Waals surface area contributed by atoms with Gasteiger partial charge >= 0.3 is 0 Å². The number of amides is 1. The molecule has 1 saturated carbocycles. The van der Waals surface area contributed by atoms with Gasteiger partial charge in [-0.25, -0.2) is 19.3 Å². The monoisotopic (exact) mass is 434 g/mol. The zero-order valence-electron chi connectivity index (χ0n) is 17.7. The van der Waals surface area contributed by atoms with Crippen molar-refractivity contribution in [2.75, 3.05) is 0 Å². The van der Waals surface area contributed by atoms with Crippen molar-refractivity contribution < 1.29 is 9.18 Å². The van der Waals surface area contributed by atoms with Crippen LogP contribution in [0.3, 0.4) is 0 Å². The first-order valence-corrected chi connectivity index (χ1v) is 10.8. The van der Waals surface area contributed by atoms with Crippen LogP contribution in [-0.2, 0) is 13.1 Å². The third-order valence-electron chi connectivity index (χ3n) is 5.83. The van der Waals surface area contributed by atoms with Gasteiger partial charge in [0.25, 0.3) is 5.91 Å². The van der Waals surface area contributed by atoms with Crippen LogP contribution in [0.1, 0.15) is 60.4 Å². The number of nitrogens with one attached hydrogen (secondary N) is 2. The zero-order chi connectivity index (χ0) is 22.1. The molecule has 1 aliphatic carbocycles. The van der Waals surface area contributed by atoms with E-state index in [9.17, 15) is 9.18 Å². The van der Waals surface area contributed by atoms with Crippen molar-refractivity contribution in [2.45, 2.75) is 51.6 Å². The van der Waals surface area contributed by atoms with Gasteiger partial charge in [-0.05, 0) is 43.5 Å². The highest BCUT2D eigenvalue weighted by atomic mass is 19.1. The lowest BCUT2D eigenvalue weighted by Crippen LogP contribution is -2.24. The van der Waals surface area contributed by atoms with Gasteiger partial charge in [-0.2, -0.15) is 0 Å². The van der Waals surface area contributed by atoms with Crippen molar-refractivity contribution in [3.05, 3.63) is 53.6 Å². The number of halogens is 1. The number of carbonyl (C=O) groups excluding carboxylic acids is 1. The molecular weight excluding hydrogens is 411 g/mol. The smallest absolute Gasteiger partial charge is 0.272 e. The first-order chi connectivity index (χ1) is 15.6. The number of rotatable bonds is 6. The van der Waals surface area contributed by atoms with E-state index in [0.29, 0.717) is 40.4 Å². The molecule has 4 aromatic rings. The normalized spacial score (nSPS) is 14.3. The number of imidazole rings is 1. The number of benzene rings is 1. The summed E-state index contributed by atoms with van der Waals surface area (Å²) < 4.78 is 15.9. The number of nitrogens with zero attached hydrogens (tertiary/aromatic N) is 6. The Kier molecular flexibility index (Phi) is 5.34. The Morgan fingerprint density at radius 2 is 2.09 bits per heavy atom. The van der Waals surface area contributed by atoms with E-state index in [-0.39, 0.29) is 18.1 Å². The van der Waals surface area contributed by atoms with Crippen LogP contribution in [-0.4, -0.2) is 40.8 Å². The molecule has 32 heavy (non-hydrogen) atoms. The highest BCUT2D eigenvalue weighted by Gasteiger charge is 2.23. The molecule has 10 heteroatoms. The number of H-pyrrole nitrogens is 1. The molecular formula is C22H23FN8O. The minimum atomic E-state index is -0.406. The van der Waals surface area contributed by atoms with Crippen molar-refractivity contribution >= 4 is 17.1 Å². The first kappa shape index (κ1) is 20.2. The van der Waals surface area contributed by atoms with Crippen LogP contribution in [0.4, 0.5) is 4.39 Å². The van der Waals surface area contributed by atoms with Crippen molar-refractivity contribution in [1.82, 2.24) is 40.2 Å². The molecule has 5 rings (SSSR count). The van der Waals surface area contributed by atoms with Crippen LogP contribution in [0.15, 0.2) is 30.7 Å². The summed E-state index contributed by atoms with van der Waals surface area (Å²) in [4.78, 5) is 29.1. The van der Waals surface area contributed by atoms with E-state index in [1.54, 1.807) is 16.9 Å². The molecule has 1 aromatic carbocycles. The summed E-state index contributed by atoms with van der Waals surface area (Å²) in [6.45, 7) is 2.76. The Labute approximate surface area is 183 Å². The third kappa shape index (κ3) is 3.95. The molecule has 0 saturated heterocycles. The van der Waals surface area contributed by atoms with Gasteiger partial charge in [0.2, 0.25) is 0 Å². The largest absolute Gasteiger partial charge is 0.347 e. The average molecular weight is 434 g/mol. The molecule has 0 spiro atoms. The van der Waals surface area contributed by atoms with Crippen LogP contribution in [0.5, 0.6) is 0 Å². The van der Waals surface area contributed by atoms with Gasteiger partial charge in [-0.3, -0.25) is 9.48 Å². The first-order valence-electron chi connectivity index (χ1n) is 10.8. The molecule has 1 aliphatic rings. The van der Waals surface area contributed by atoms with Crippen molar-refractivity contribution in [1.29, 1.82) is 0 Å². The van der Waals surface area contributed by atoms with E-state index in [2.05, 4.69) is 35.6 Å². The number of carbonyl (C=O) groups is 1. The molecule has 9 nitrogen and oxygen atoms in total. The van der Waals surface area contributed by atoms with Crippen molar-refractivity contribution in [3.8, 4) is 11.3 Å². The molecule has 1 fully saturated rings.